The van der Waals surface area contributed by atoms with Crippen LogP contribution >= 0.6 is 11.8 Å². The van der Waals surface area contributed by atoms with E-state index in [1.807, 2.05) is 17.8 Å². The molecule has 0 radical (unpaired) electrons. The summed E-state index contributed by atoms with van der Waals surface area (Å²) >= 11 is 1.96. The van der Waals surface area contributed by atoms with Gasteiger partial charge in [0.1, 0.15) is 6.07 Å². The van der Waals surface area contributed by atoms with E-state index in [1.54, 1.807) is 12.3 Å². The smallest absolute Gasteiger partial charge is 0.101 e. The summed E-state index contributed by atoms with van der Waals surface area (Å²) in [6, 6.07) is 6.41. The van der Waals surface area contributed by atoms with E-state index >= 15 is 0 Å². The molecule has 2 heterocycles. The van der Waals surface area contributed by atoms with Crippen LogP contribution in [0.25, 0.3) is 0 Å². The second-order valence-electron chi connectivity index (χ2n) is 3.27. The van der Waals surface area contributed by atoms with Gasteiger partial charge in [-0.3, -0.25) is 4.98 Å². The maximum Gasteiger partial charge on any atom is 0.101 e. The first-order chi connectivity index (χ1) is 6.88. The molecule has 0 saturated carbocycles. The topological polar surface area (TPSA) is 48.7 Å². The zero-order valence-electron chi connectivity index (χ0n) is 7.73. The van der Waals surface area contributed by atoms with Crippen LogP contribution in [0.3, 0.4) is 0 Å². The lowest BCUT2D eigenvalue weighted by Gasteiger charge is -2.25. The molecule has 1 fully saturated rings. The molecule has 72 valence electrons. The Hall–Kier alpha value is -1.05. The number of nitriles is 1. The average Bonchev–Trinajstić information content (AvgIpc) is 2.16. The van der Waals surface area contributed by atoms with Crippen molar-refractivity contribution in [2.75, 3.05) is 11.5 Å². The molecule has 1 aromatic rings. The SMILES string of the molecule is N#Cc1ccc(CNC2CSC2)nc1. The van der Waals surface area contributed by atoms with E-state index in [1.165, 1.54) is 11.5 Å². The van der Waals surface area contributed by atoms with E-state index in [0.29, 0.717) is 11.6 Å². The lowest BCUT2D eigenvalue weighted by molar-refractivity contribution is 0.576. The van der Waals surface area contributed by atoms with Crippen LogP contribution in [-0.4, -0.2) is 22.5 Å². The van der Waals surface area contributed by atoms with Crippen LogP contribution in [0, 0.1) is 11.3 Å². The van der Waals surface area contributed by atoms with Crippen molar-refractivity contribution in [2.24, 2.45) is 0 Å². The third-order valence-corrected chi connectivity index (χ3v) is 3.44. The van der Waals surface area contributed by atoms with Crippen LogP contribution in [0.2, 0.25) is 0 Å². The summed E-state index contributed by atoms with van der Waals surface area (Å²) in [5.74, 6) is 2.41. The summed E-state index contributed by atoms with van der Waals surface area (Å²) in [6.07, 6.45) is 1.62. The van der Waals surface area contributed by atoms with Crippen LogP contribution in [0.5, 0.6) is 0 Å². The van der Waals surface area contributed by atoms with Crippen LogP contribution < -0.4 is 5.32 Å². The maximum absolute atomic E-state index is 8.59. The molecule has 0 unspecified atom stereocenters. The number of nitrogens with zero attached hydrogens (tertiary/aromatic N) is 2. The Bertz CT molecular complexity index is 337. The molecule has 0 spiro atoms. The quantitative estimate of drug-likeness (QED) is 0.804. The molecular weight excluding hydrogens is 194 g/mol. The van der Waals surface area contributed by atoms with Gasteiger partial charge in [-0.2, -0.15) is 17.0 Å². The van der Waals surface area contributed by atoms with Gasteiger partial charge < -0.3 is 5.32 Å². The predicted octanol–water partition coefficient (Wildman–Crippen LogP) is 1.16. The van der Waals surface area contributed by atoms with E-state index in [0.717, 1.165) is 12.2 Å². The summed E-state index contributed by atoms with van der Waals surface area (Å²) in [7, 11) is 0. The Kier molecular flexibility index (Phi) is 3.02. The fraction of sp³-hybridized carbons (Fsp3) is 0.400. The third kappa shape index (κ3) is 2.25. The van der Waals surface area contributed by atoms with Crippen LogP contribution in [0.15, 0.2) is 18.3 Å². The summed E-state index contributed by atoms with van der Waals surface area (Å²) in [6.45, 7) is 0.803. The molecule has 0 bridgehead atoms. The zero-order valence-corrected chi connectivity index (χ0v) is 8.55. The molecule has 1 saturated heterocycles. The largest absolute Gasteiger partial charge is 0.307 e. The van der Waals surface area contributed by atoms with Crippen molar-refractivity contribution in [3.63, 3.8) is 0 Å². The Balaban J connectivity index is 1.86. The fourth-order valence-electron chi connectivity index (χ4n) is 1.20. The average molecular weight is 205 g/mol. The Morgan fingerprint density at radius 3 is 2.93 bits per heavy atom. The van der Waals surface area contributed by atoms with Gasteiger partial charge in [0.05, 0.1) is 11.3 Å². The van der Waals surface area contributed by atoms with E-state index in [9.17, 15) is 0 Å². The highest BCUT2D eigenvalue weighted by Gasteiger charge is 2.16. The zero-order chi connectivity index (χ0) is 9.80. The minimum Gasteiger partial charge on any atom is -0.307 e. The molecule has 1 aromatic heterocycles. The molecule has 2 rings (SSSR count). The standard InChI is InChI=1S/C10H11N3S/c11-3-8-1-2-9(12-4-8)5-13-10-6-14-7-10/h1-2,4,10,13H,5-7H2. The molecule has 1 aliphatic heterocycles. The molecule has 1 aliphatic rings. The highest BCUT2D eigenvalue weighted by Crippen LogP contribution is 2.17. The molecule has 0 aromatic carbocycles. The third-order valence-electron chi connectivity index (χ3n) is 2.16. The van der Waals surface area contributed by atoms with Gasteiger partial charge in [0.15, 0.2) is 0 Å². The van der Waals surface area contributed by atoms with E-state index in [2.05, 4.69) is 16.4 Å². The van der Waals surface area contributed by atoms with Crippen molar-refractivity contribution in [2.45, 2.75) is 12.6 Å². The van der Waals surface area contributed by atoms with Gasteiger partial charge in [-0.1, -0.05) is 0 Å². The van der Waals surface area contributed by atoms with E-state index in [-0.39, 0.29) is 0 Å². The minimum atomic E-state index is 0.618. The fourth-order valence-corrected chi connectivity index (χ4v) is 1.90. The van der Waals surface area contributed by atoms with Crippen molar-refractivity contribution < 1.29 is 0 Å². The number of aromatic nitrogens is 1. The van der Waals surface area contributed by atoms with E-state index in [4.69, 9.17) is 5.26 Å². The minimum absolute atomic E-state index is 0.618. The predicted molar refractivity (Wildman–Crippen MR) is 56.9 cm³/mol. The Morgan fingerprint density at radius 2 is 2.43 bits per heavy atom. The summed E-state index contributed by atoms with van der Waals surface area (Å²) in [5.41, 5.74) is 1.62. The number of nitrogens with one attached hydrogen (secondary N) is 1. The van der Waals surface area contributed by atoms with Gasteiger partial charge in [-0.05, 0) is 12.1 Å². The van der Waals surface area contributed by atoms with Crippen LogP contribution in [0.1, 0.15) is 11.3 Å². The molecule has 0 amide bonds. The number of rotatable bonds is 3. The molecule has 0 aliphatic carbocycles. The molecule has 3 nitrogen and oxygen atoms in total. The monoisotopic (exact) mass is 205 g/mol. The van der Waals surface area contributed by atoms with Gasteiger partial charge in [0, 0.05) is 30.3 Å². The Morgan fingerprint density at radius 1 is 1.57 bits per heavy atom. The van der Waals surface area contributed by atoms with Crippen molar-refractivity contribution >= 4 is 11.8 Å². The second kappa shape index (κ2) is 4.45. The number of pyridine rings is 1. The molecular formula is C10H11N3S. The lowest BCUT2D eigenvalue weighted by Crippen LogP contribution is -2.39. The van der Waals surface area contributed by atoms with Gasteiger partial charge in [0.25, 0.3) is 0 Å². The molecule has 0 atom stereocenters. The summed E-state index contributed by atoms with van der Waals surface area (Å²) in [5, 5.41) is 12.0. The van der Waals surface area contributed by atoms with Crippen molar-refractivity contribution in [3.05, 3.63) is 29.6 Å². The maximum atomic E-state index is 8.59. The first kappa shape index (κ1) is 9.50. The van der Waals surface area contributed by atoms with Crippen LogP contribution in [-0.2, 0) is 6.54 Å². The lowest BCUT2D eigenvalue weighted by atomic mass is 10.2. The highest BCUT2D eigenvalue weighted by molar-refractivity contribution is 8.00. The van der Waals surface area contributed by atoms with Crippen molar-refractivity contribution in [1.82, 2.24) is 10.3 Å². The van der Waals surface area contributed by atoms with Gasteiger partial charge in [0.2, 0.25) is 0 Å². The number of hydrogen-bond donors (Lipinski definition) is 1. The Labute approximate surface area is 87.5 Å². The summed E-state index contributed by atoms with van der Waals surface area (Å²) < 4.78 is 0. The van der Waals surface area contributed by atoms with Gasteiger partial charge in [-0.15, -0.1) is 0 Å². The van der Waals surface area contributed by atoms with E-state index < -0.39 is 0 Å². The molecule has 14 heavy (non-hydrogen) atoms. The number of hydrogen-bond acceptors (Lipinski definition) is 4. The molecule has 4 heteroatoms. The summed E-state index contributed by atoms with van der Waals surface area (Å²) in [4.78, 5) is 4.19. The second-order valence-corrected chi connectivity index (χ2v) is 4.34. The van der Waals surface area contributed by atoms with Gasteiger partial charge in [-0.25, -0.2) is 0 Å². The van der Waals surface area contributed by atoms with Crippen molar-refractivity contribution in [1.29, 1.82) is 5.26 Å². The van der Waals surface area contributed by atoms with Crippen molar-refractivity contribution in [3.8, 4) is 6.07 Å². The molecule has 1 N–H and O–H groups in total. The number of thioether (sulfide) groups is 1. The normalized spacial score (nSPS) is 15.9. The van der Waals surface area contributed by atoms with Gasteiger partial charge >= 0.3 is 0 Å². The first-order valence-electron chi connectivity index (χ1n) is 4.54. The van der Waals surface area contributed by atoms with Crippen LogP contribution in [0.4, 0.5) is 0 Å². The highest BCUT2D eigenvalue weighted by atomic mass is 32.2. The first-order valence-corrected chi connectivity index (χ1v) is 5.70.